The highest BCUT2D eigenvalue weighted by Gasteiger charge is 2.25. The Hall–Kier alpha value is -1.51. The number of piperidine rings is 1. The monoisotopic (exact) mass is 247 g/mol. The van der Waals surface area contributed by atoms with Crippen LogP contribution in [-0.4, -0.2) is 30.0 Å². The zero-order valence-corrected chi connectivity index (χ0v) is 11.1. The van der Waals surface area contributed by atoms with Crippen molar-refractivity contribution in [2.45, 2.75) is 32.8 Å². The van der Waals surface area contributed by atoms with Crippen LogP contribution >= 0.6 is 0 Å². The molecule has 1 amide bonds. The van der Waals surface area contributed by atoms with Crippen LogP contribution in [0.4, 0.5) is 0 Å². The summed E-state index contributed by atoms with van der Waals surface area (Å²) in [7, 11) is 0. The number of hydrogen-bond acceptors (Lipinski definition) is 2. The number of benzene rings is 1. The minimum Gasteiger partial charge on any atom is -0.481 e. The van der Waals surface area contributed by atoms with Gasteiger partial charge in [0.2, 0.25) is 0 Å². The van der Waals surface area contributed by atoms with E-state index in [-0.39, 0.29) is 5.91 Å². The van der Waals surface area contributed by atoms with E-state index >= 15 is 0 Å². The van der Waals surface area contributed by atoms with Crippen LogP contribution in [0, 0.1) is 5.92 Å². The Morgan fingerprint density at radius 1 is 1.39 bits per heavy atom. The van der Waals surface area contributed by atoms with Crippen molar-refractivity contribution < 1.29 is 9.53 Å². The lowest BCUT2D eigenvalue weighted by Crippen LogP contribution is -2.45. The van der Waals surface area contributed by atoms with Crippen LogP contribution in [0.2, 0.25) is 0 Å². The molecule has 3 nitrogen and oxygen atoms in total. The SMILES string of the molecule is C[C@@H]1CCCN(C(=O)[C@H](C)Oc2ccccc2)C1. The van der Waals surface area contributed by atoms with E-state index in [0.717, 1.165) is 25.3 Å². The number of rotatable bonds is 3. The Kier molecular flexibility index (Phi) is 4.24. The van der Waals surface area contributed by atoms with Crippen molar-refractivity contribution in [2.24, 2.45) is 5.92 Å². The number of nitrogens with zero attached hydrogens (tertiary/aromatic N) is 1. The molecule has 0 radical (unpaired) electrons. The largest absolute Gasteiger partial charge is 0.481 e. The molecule has 1 aliphatic rings. The predicted octanol–water partition coefficient (Wildman–Crippen LogP) is 2.71. The average Bonchev–Trinajstić information content (AvgIpc) is 2.39. The van der Waals surface area contributed by atoms with Crippen molar-refractivity contribution in [3.63, 3.8) is 0 Å². The molecule has 0 aromatic heterocycles. The Morgan fingerprint density at radius 3 is 2.78 bits per heavy atom. The Bertz CT molecular complexity index is 391. The van der Waals surface area contributed by atoms with Crippen LogP contribution in [0.5, 0.6) is 5.75 Å². The third-order valence-corrected chi connectivity index (χ3v) is 3.37. The molecule has 2 rings (SSSR count). The summed E-state index contributed by atoms with van der Waals surface area (Å²) in [6.45, 7) is 5.75. The van der Waals surface area contributed by atoms with Crippen molar-refractivity contribution in [1.82, 2.24) is 4.90 Å². The summed E-state index contributed by atoms with van der Waals surface area (Å²) in [5.74, 6) is 1.46. The average molecular weight is 247 g/mol. The van der Waals surface area contributed by atoms with E-state index in [1.54, 1.807) is 0 Å². The van der Waals surface area contributed by atoms with Gasteiger partial charge in [-0.05, 0) is 37.8 Å². The van der Waals surface area contributed by atoms with Gasteiger partial charge in [-0.2, -0.15) is 0 Å². The maximum absolute atomic E-state index is 12.2. The van der Waals surface area contributed by atoms with Crippen LogP contribution in [0.25, 0.3) is 0 Å². The van der Waals surface area contributed by atoms with Gasteiger partial charge in [-0.1, -0.05) is 25.1 Å². The number of carbonyl (C=O) groups excluding carboxylic acids is 1. The molecule has 0 spiro atoms. The van der Waals surface area contributed by atoms with Gasteiger partial charge in [-0.15, -0.1) is 0 Å². The maximum atomic E-state index is 12.2. The molecule has 1 heterocycles. The molecule has 0 N–H and O–H groups in total. The highest BCUT2D eigenvalue weighted by molar-refractivity contribution is 5.81. The minimum atomic E-state index is -0.405. The fourth-order valence-corrected chi connectivity index (χ4v) is 2.40. The van der Waals surface area contributed by atoms with Crippen LogP contribution in [-0.2, 0) is 4.79 Å². The van der Waals surface area contributed by atoms with Crippen molar-refractivity contribution in [2.75, 3.05) is 13.1 Å². The smallest absolute Gasteiger partial charge is 0.263 e. The molecule has 1 fully saturated rings. The summed E-state index contributed by atoms with van der Waals surface area (Å²) in [6, 6.07) is 9.52. The van der Waals surface area contributed by atoms with Gasteiger partial charge in [0.1, 0.15) is 5.75 Å². The second-order valence-electron chi connectivity index (χ2n) is 5.10. The van der Waals surface area contributed by atoms with Gasteiger partial charge in [0, 0.05) is 13.1 Å². The van der Waals surface area contributed by atoms with Gasteiger partial charge in [-0.3, -0.25) is 4.79 Å². The molecule has 2 atom stereocenters. The summed E-state index contributed by atoms with van der Waals surface area (Å²) < 4.78 is 5.67. The van der Waals surface area contributed by atoms with Gasteiger partial charge in [0.15, 0.2) is 6.10 Å². The van der Waals surface area contributed by atoms with Crippen LogP contribution < -0.4 is 4.74 Å². The highest BCUT2D eigenvalue weighted by Crippen LogP contribution is 2.18. The number of ether oxygens (including phenoxy) is 1. The zero-order valence-electron chi connectivity index (χ0n) is 11.1. The van der Waals surface area contributed by atoms with E-state index in [9.17, 15) is 4.79 Å². The van der Waals surface area contributed by atoms with E-state index in [1.807, 2.05) is 42.2 Å². The first-order valence-electron chi connectivity index (χ1n) is 6.67. The summed E-state index contributed by atoms with van der Waals surface area (Å²) in [4.78, 5) is 14.2. The summed E-state index contributed by atoms with van der Waals surface area (Å²) >= 11 is 0. The molecule has 1 saturated heterocycles. The highest BCUT2D eigenvalue weighted by atomic mass is 16.5. The standard InChI is InChI=1S/C15H21NO2/c1-12-7-6-10-16(11-12)15(17)13(2)18-14-8-4-3-5-9-14/h3-5,8-9,12-13H,6-7,10-11H2,1-2H3/t12-,13+/m1/s1. The van der Waals surface area contributed by atoms with Crippen molar-refractivity contribution in [3.05, 3.63) is 30.3 Å². The summed E-state index contributed by atoms with van der Waals surface area (Å²) in [5, 5.41) is 0. The fourth-order valence-electron chi connectivity index (χ4n) is 2.40. The van der Waals surface area contributed by atoms with Crippen molar-refractivity contribution in [3.8, 4) is 5.75 Å². The van der Waals surface area contributed by atoms with Gasteiger partial charge >= 0.3 is 0 Å². The second-order valence-corrected chi connectivity index (χ2v) is 5.10. The maximum Gasteiger partial charge on any atom is 0.263 e. The molecular weight excluding hydrogens is 226 g/mol. The van der Waals surface area contributed by atoms with E-state index in [2.05, 4.69) is 6.92 Å². The molecule has 1 aromatic rings. The third-order valence-electron chi connectivity index (χ3n) is 3.37. The zero-order chi connectivity index (χ0) is 13.0. The molecule has 0 saturated carbocycles. The normalized spacial score (nSPS) is 21.4. The Morgan fingerprint density at radius 2 is 2.11 bits per heavy atom. The predicted molar refractivity (Wildman–Crippen MR) is 71.5 cm³/mol. The van der Waals surface area contributed by atoms with Crippen LogP contribution in [0.15, 0.2) is 30.3 Å². The second kappa shape index (κ2) is 5.89. The van der Waals surface area contributed by atoms with E-state index in [4.69, 9.17) is 4.74 Å². The number of hydrogen-bond donors (Lipinski definition) is 0. The number of para-hydroxylation sites is 1. The first-order chi connectivity index (χ1) is 8.66. The number of carbonyl (C=O) groups is 1. The molecule has 98 valence electrons. The van der Waals surface area contributed by atoms with Gasteiger partial charge < -0.3 is 9.64 Å². The summed E-state index contributed by atoms with van der Waals surface area (Å²) in [5.41, 5.74) is 0. The van der Waals surface area contributed by atoms with Crippen LogP contribution in [0.3, 0.4) is 0 Å². The van der Waals surface area contributed by atoms with Gasteiger partial charge in [0.25, 0.3) is 5.91 Å². The Balaban J connectivity index is 1.92. The van der Waals surface area contributed by atoms with Crippen molar-refractivity contribution >= 4 is 5.91 Å². The molecule has 3 heteroatoms. The van der Waals surface area contributed by atoms with Crippen LogP contribution in [0.1, 0.15) is 26.7 Å². The molecule has 0 unspecified atom stereocenters. The number of likely N-dealkylation sites (tertiary alicyclic amines) is 1. The molecule has 0 bridgehead atoms. The van der Waals surface area contributed by atoms with Gasteiger partial charge in [-0.25, -0.2) is 0 Å². The lowest BCUT2D eigenvalue weighted by Gasteiger charge is -2.32. The summed E-state index contributed by atoms with van der Waals surface area (Å²) in [6.07, 6.45) is 1.92. The lowest BCUT2D eigenvalue weighted by atomic mass is 10.00. The Labute approximate surface area is 109 Å². The third kappa shape index (κ3) is 3.25. The van der Waals surface area contributed by atoms with E-state index < -0.39 is 6.10 Å². The number of amides is 1. The molecule has 1 aliphatic heterocycles. The molecule has 0 aliphatic carbocycles. The van der Waals surface area contributed by atoms with Crippen molar-refractivity contribution in [1.29, 1.82) is 0 Å². The van der Waals surface area contributed by atoms with E-state index in [1.165, 1.54) is 6.42 Å². The molecular formula is C15H21NO2. The minimum absolute atomic E-state index is 0.102. The fraction of sp³-hybridized carbons (Fsp3) is 0.533. The topological polar surface area (TPSA) is 29.5 Å². The molecule has 1 aromatic carbocycles. The first kappa shape index (κ1) is 12.9. The quantitative estimate of drug-likeness (QED) is 0.822. The van der Waals surface area contributed by atoms with Gasteiger partial charge in [0.05, 0.1) is 0 Å². The first-order valence-corrected chi connectivity index (χ1v) is 6.67. The molecule has 18 heavy (non-hydrogen) atoms. The van der Waals surface area contributed by atoms with E-state index in [0.29, 0.717) is 5.92 Å². The lowest BCUT2D eigenvalue weighted by molar-refractivity contribution is -0.139.